The molecule has 2 aliphatic rings. The van der Waals surface area contributed by atoms with E-state index in [0.717, 1.165) is 0 Å². The molecule has 0 radical (unpaired) electrons. The largest absolute Gasteiger partial charge is 0.444 e. The second-order valence-corrected chi connectivity index (χ2v) is 10.3. The van der Waals surface area contributed by atoms with Gasteiger partial charge >= 0.3 is 12.1 Å². The third-order valence-electron chi connectivity index (χ3n) is 6.57. The SMILES string of the molecule is Cc1cccc(F)c1N1Cc2cnc(N)nc2N([C@H]2CC[C@@H](N(C)C(=O)OC(C)(C)C)CC2)C1=O. The van der Waals surface area contributed by atoms with Gasteiger partial charge in [-0.05, 0) is 65.0 Å². The summed E-state index contributed by atoms with van der Waals surface area (Å²) in [5.41, 5.74) is 6.92. The number of benzene rings is 1. The zero-order chi connectivity index (χ0) is 25.5. The topological polar surface area (TPSA) is 105 Å². The van der Waals surface area contributed by atoms with Gasteiger partial charge in [0.1, 0.15) is 17.2 Å². The van der Waals surface area contributed by atoms with Crippen molar-refractivity contribution in [1.29, 1.82) is 0 Å². The Kier molecular flexibility index (Phi) is 6.57. The summed E-state index contributed by atoms with van der Waals surface area (Å²) in [4.78, 5) is 39.5. The Morgan fingerprint density at radius 2 is 1.91 bits per heavy atom. The molecule has 9 nitrogen and oxygen atoms in total. The van der Waals surface area contributed by atoms with Crippen molar-refractivity contribution in [2.24, 2.45) is 0 Å². The number of nitrogen functional groups attached to an aromatic ring is 1. The number of hydrogen-bond donors (Lipinski definition) is 1. The second kappa shape index (κ2) is 9.31. The number of hydrogen-bond acceptors (Lipinski definition) is 6. The molecular weight excluding hydrogens is 451 g/mol. The van der Waals surface area contributed by atoms with Gasteiger partial charge in [0, 0.05) is 30.9 Å². The number of rotatable bonds is 3. The number of aromatic nitrogens is 2. The van der Waals surface area contributed by atoms with Crippen molar-refractivity contribution in [3.8, 4) is 0 Å². The van der Waals surface area contributed by atoms with Gasteiger partial charge in [-0.1, -0.05) is 12.1 Å². The van der Waals surface area contributed by atoms with Gasteiger partial charge in [0.15, 0.2) is 0 Å². The van der Waals surface area contributed by atoms with Gasteiger partial charge in [-0.15, -0.1) is 0 Å². The van der Waals surface area contributed by atoms with Gasteiger partial charge in [0.2, 0.25) is 5.95 Å². The lowest BCUT2D eigenvalue weighted by atomic mass is 9.89. The molecule has 1 aromatic heterocycles. The molecule has 1 aliphatic carbocycles. The maximum atomic E-state index is 14.8. The molecule has 0 atom stereocenters. The molecule has 0 bridgehead atoms. The third-order valence-corrected chi connectivity index (χ3v) is 6.57. The first-order chi connectivity index (χ1) is 16.5. The van der Waals surface area contributed by atoms with E-state index < -0.39 is 11.4 Å². The summed E-state index contributed by atoms with van der Waals surface area (Å²) in [5, 5.41) is 0. The van der Waals surface area contributed by atoms with Crippen LogP contribution in [0.25, 0.3) is 0 Å². The Bertz CT molecular complexity index is 1110. The van der Waals surface area contributed by atoms with Gasteiger partial charge in [0.25, 0.3) is 0 Å². The minimum atomic E-state index is -0.569. The number of ether oxygens (including phenoxy) is 1. The lowest BCUT2D eigenvalue weighted by Gasteiger charge is -2.43. The van der Waals surface area contributed by atoms with Crippen molar-refractivity contribution in [1.82, 2.24) is 14.9 Å². The number of carbonyl (C=O) groups excluding carboxylic acids is 2. The van der Waals surface area contributed by atoms with Gasteiger partial charge in [-0.3, -0.25) is 9.80 Å². The van der Waals surface area contributed by atoms with Crippen molar-refractivity contribution in [2.75, 3.05) is 22.6 Å². The number of amides is 3. The first-order valence-electron chi connectivity index (χ1n) is 11.9. The van der Waals surface area contributed by atoms with E-state index in [4.69, 9.17) is 10.5 Å². The maximum Gasteiger partial charge on any atom is 0.410 e. The average Bonchev–Trinajstić information content (AvgIpc) is 2.78. The first kappa shape index (κ1) is 24.7. The fraction of sp³-hybridized carbons (Fsp3) is 0.520. The molecule has 0 unspecified atom stereocenters. The summed E-state index contributed by atoms with van der Waals surface area (Å²) < 4.78 is 20.3. The molecule has 0 saturated heterocycles. The molecule has 1 aromatic carbocycles. The van der Waals surface area contributed by atoms with Crippen LogP contribution >= 0.6 is 0 Å². The average molecular weight is 485 g/mol. The number of nitrogens with two attached hydrogens (primary N) is 1. The minimum absolute atomic E-state index is 0.000784. The van der Waals surface area contributed by atoms with Crippen molar-refractivity contribution in [3.63, 3.8) is 0 Å². The van der Waals surface area contributed by atoms with Crippen LogP contribution in [0.15, 0.2) is 24.4 Å². The summed E-state index contributed by atoms with van der Waals surface area (Å²) in [7, 11) is 1.75. The number of aryl methyl sites for hydroxylation is 1. The number of anilines is 3. The molecule has 10 heteroatoms. The van der Waals surface area contributed by atoms with E-state index in [1.807, 2.05) is 20.8 Å². The van der Waals surface area contributed by atoms with Crippen LogP contribution in [0.1, 0.15) is 57.6 Å². The molecule has 1 aliphatic heterocycles. The molecule has 1 saturated carbocycles. The van der Waals surface area contributed by atoms with Crippen LogP contribution < -0.4 is 15.5 Å². The van der Waals surface area contributed by atoms with Crippen molar-refractivity contribution < 1.29 is 18.7 Å². The van der Waals surface area contributed by atoms with E-state index in [1.54, 1.807) is 42.1 Å². The molecule has 2 N–H and O–H groups in total. The van der Waals surface area contributed by atoms with E-state index in [9.17, 15) is 14.0 Å². The van der Waals surface area contributed by atoms with Crippen LogP contribution in [0, 0.1) is 12.7 Å². The van der Waals surface area contributed by atoms with E-state index in [-0.39, 0.29) is 42.4 Å². The van der Waals surface area contributed by atoms with Gasteiger partial charge < -0.3 is 15.4 Å². The molecule has 35 heavy (non-hydrogen) atoms. The van der Waals surface area contributed by atoms with Crippen LogP contribution in [0.4, 0.5) is 31.4 Å². The predicted molar refractivity (Wildman–Crippen MR) is 132 cm³/mol. The number of nitrogens with zero attached hydrogens (tertiary/aromatic N) is 5. The number of fused-ring (bicyclic) bond motifs is 1. The maximum absolute atomic E-state index is 14.8. The van der Waals surface area contributed by atoms with Gasteiger partial charge in [-0.25, -0.2) is 19.0 Å². The Morgan fingerprint density at radius 1 is 1.23 bits per heavy atom. The molecular formula is C25H33FN6O3. The van der Waals surface area contributed by atoms with Crippen LogP contribution in [-0.2, 0) is 11.3 Å². The standard InChI is InChI=1S/C25H33FN6O3/c1-15-7-6-8-19(26)20(15)31-14-16-13-28-22(27)29-21(16)32(23(31)33)18-11-9-17(10-12-18)30(5)24(34)35-25(2,3)4/h6-8,13,17-18H,9-12,14H2,1-5H3,(H2,27,28,29)/t17-,18+. The summed E-state index contributed by atoms with van der Waals surface area (Å²) in [5.74, 6) is 0.0907. The number of carbonyl (C=O) groups is 2. The molecule has 0 spiro atoms. The predicted octanol–water partition coefficient (Wildman–Crippen LogP) is 4.63. The molecule has 4 rings (SSSR count). The summed E-state index contributed by atoms with van der Waals surface area (Å²) >= 11 is 0. The Hall–Kier alpha value is -3.43. The van der Waals surface area contributed by atoms with Crippen LogP contribution in [0.5, 0.6) is 0 Å². The number of urea groups is 1. The fourth-order valence-corrected chi connectivity index (χ4v) is 4.85. The smallest absolute Gasteiger partial charge is 0.410 e. The number of para-hydroxylation sites is 1. The first-order valence-corrected chi connectivity index (χ1v) is 11.9. The van der Waals surface area contributed by atoms with Crippen LogP contribution in [0.2, 0.25) is 0 Å². The Morgan fingerprint density at radius 3 is 2.54 bits per heavy atom. The molecule has 188 valence electrons. The number of halogens is 1. The van der Waals surface area contributed by atoms with E-state index in [0.29, 0.717) is 42.6 Å². The van der Waals surface area contributed by atoms with E-state index in [1.165, 1.54) is 11.0 Å². The van der Waals surface area contributed by atoms with Crippen molar-refractivity contribution in [2.45, 2.75) is 77.6 Å². The third kappa shape index (κ3) is 5.01. The highest BCUT2D eigenvalue weighted by Crippen LogP contribution is 2.38. The van der Waals surface area contributed by atoms with Crippen molar-refractivity contribution >= 4 is 29.6 Å². The Labute approximate surface area is 205 Å². The highest BCUT2D eigenvalue weighted by molar-refractivity contribution is 6.06. The van der Waals surface area contributed by atoms with Gasteiger partial charge in [0.05, 0.1) is 12.2 Å². The summed E-state index contributed by atoms with van der Waals surface area (Å²) in [6, 6.07) is 4.25. The molecule has 1 fully saturated rings. The van der Waals surface area contributed by atoms with Gasteiger partial charge in [-0.2, -0.15) is 4.98 Å². The van der Waals surface area contributed by atoms with E-state index in [2.05, 4.69) is 9.97 Å². The molecule has 2 heterocycles. The zero-order valence-corrected chi connectivity index (χ0v) is 20.9. The zero-order valence-electron chi connectivity index (χ0n) is 20.9. The highest BCUT2D eigenvalue weighted by atomic mass is 19.1. The van der Waals surface area contributed by atoms with Crippen LogP contribution in [-0.4, -0.2) is 51.7 Å². The molecule has 3 amide bonds. The summed E-state index contributed by atoms with van der Waals surface area (Å²) in [6.07, 6.45) is 3.93. The highest BCUT2D eigenvalue weighted by Gasteiger charge is 2.41. The fourth-order valence-electron chi connectivity index (χ4n) is 4.85. The Balaban J connectivity index is 1.59. The lowest BCUT2D eigenvalue weighted by Crippen LogP contribution is -2.55. The second-order valence-electron chi connectivity index (χ2n) is 10.3. The molecule has 2 aromatic rings. The quantitative estimate of drug-likeness (QED) is 0.681. The monoisotopic (exact) mass is 484 g/mol. The minimum Gasteiger partial charge on any atom is -0.444 e. The van der Waals surface area contributed by atoms with Crippen LogP contribution in [0.3, 0.4) is 0 Å². The normalized spacial score (nSPS) is 20.5. The summed E-state index contributed by atoms with van der Waals surface area (Å²) in [6.45, 7) is 7.45. The van der Waals surface area contributed by atoms with Crippen molar-refractivity contribution in [3.05, 3.63) is 41.3 Å². The van der Waals surface area contributed by atoms with E-state index >= 15 is 0 Å². The lowest BCUT2D eigenvalue weighted by molar-refractivity contribution is 0.0183.